The summed E-state index contributed by atoms with van der Waals surface area (Å²) in [6.07, 6.45) is 3.80. The van der Waals surface area contributed by atoms with E-state index in [2.05, 4.69) is 22.7 Å². The van der Waals surface area contributed by atoms with Gasteiger partial charge < -0.3 is 0 Å². The topological polar surface area (TPSA) is 24.4 Å². The van der Waals surface area contributed by atoms with E-state index in [0.717, 1.165) is 12.8 Å². The second-order valence-corrected chi connectivity index (χ2v) is 3.62. The Hall–Kier alpha value is -1.22. The fourth-order valence-corrected chi connectivity index (χ4v) is 1.13. The minimum Gasteiger partial charge on any atom is -0.272 e. The molecule has 0 aliphatic rings. The Morgan fingerprint density at radius 1 is 1.43 bits per heavy atom. The molecule has 14 heavy (non-hydrogen) atoms. The maximum Gasteiger partial charge on any atom is 0.0930 e. The first-order valence-electron chi connectivity index (χ1n) is 4.61. The normalized spacial score (nSPS) is 10.4. The molecule has 2 nitrogen and oxygen atoms in total. The molecule has 0 aliphatic carbocycles. The molecule has 74 valence electrons. The van der Waals surface area contributed by atoms with Gasteiger partial charge in [0.15, 0.2) is 0 Å². The van der Waals surface area contributed by atoms with Crippen LogP contribution in [-0.2, 0) is 6.42 Å². The molecule has 0 fully saturated rings. The molecular formula is C11H14N2S. The first-order valence-corrected chi connectivity index (χ1v) is 5.02. The lowest BCUT2D eigenvalue weighted by Crippen LogP contribution is -2.09. The van der Waals surface area contributed by atoms with Crippen LogP contribution in [0.3, 0.4) is 0 Å². The highest BCUT2D eigenvalue weighted by Gasteiger charge is 1.88. The fraction of sp³-hybridized carbons (Fsp3) is 0.273. The van der Waals surface area contributed by atoms with Gasteiger partial charge in [-0.25, -0.2) is 0 Å². The van der Waals surface area contributed by atoms with Crippen molar-refractivity contribution < 1.29 is 0 Å². The molecule has 1 N–H and O–H groups in total. The van der Waals surface area contributed by atoms with Crippen molar-refractivity contribution in [2.24, 2.45) is 5.10 Å². The highest BCUT2D eigenvalue weighted by atomic mass is 32.1. The van der Waals surface area contributed by atoms with Gasteiger partial charge in [0.05, 0.1) is 4.99 Å². The molecular weight excluding hydrogens is 192 g/mol. The van der Waals surface area contributed by atoms with Gasteiger partial charge in [-0.15, -0.1) is 0 Å². The standard InChI is InChI=1S/C11H14N2S/c1-10(14)13-12-9-5-8-11-6-3-2-4-7-11/h2-4,6-7,9H,5,8H2,1H3,(H,13,14)/b12-9-. The Morgan fingerprint density at radius 3 is 2.79 bits per heavy atom. The zero-order valence-electron chi connectivity index (χ0n) is 8.23. The van der Waals surface area contributed by atoms with Crippen molar-refractivity contribution in [3.05, 3.63) is 35.9 Å². The molecule has 0 atom stereocenters. The number of hydrogen-bond donors (Lipinski definition) is 1. The van der Waals surface area contributed by atoms with Gasteiger partial charge >= 0.3 is 0 Å². The van der Waals surface area contributed by atoms with Crippen LogP contribution < -0.4 is 5.43 Å². The average molecular weight is 206 g/mol. The van der Waals surface area contributed by atoms with E-state index in [1.54, 1.807) is 0 Å². The molecule has 1 rings (SSSR count). The Bertz CT molecular complexity index is 306. The number of nitrogens with zero attached hydrogens (tertiary/aromatic N) is 1. The second-order valence-electron chi connectivity index (χ2n) is 3.00. The highest BCUT2D eigenvalue weighted by molar-refractivity contribution is 7.80. The van der Waals surface area contributed by atoms with Gasteiger partial charge in [-0.05, 0) is 25.3 Å². The Labute approximate surface area is 90.0 Å². The van der Waals surface area contributed by atoms with E-state index in [0.29, 0.717) is 4.99 Å². The van der Waals surface area contributed by atoms with Crippen LogP contribution in [0.1, 0.15) is 18.9 Å². The SMILES string of the molecule is CC(=S)N/N=C\CCc1ccccc1. The number of rotatable bonds is 4. The van der Waals surface area contributed by atoms with Gasteiger partial charge in [0.2, 0.25) is 0 Å². The monoisotopic (exact) mass is 206 g/mol. The van der Waals surface area contributed by atoms with E-state index in [1.807, 2.05) is 31.3 Å². The second kappa shape index (κ2) is 6.27. The minimum atomic E-state index is 0.695. The largest absolute Gasteiger partial charge is 0.272 e. The van der Waals surface area contributed by atoms with Gasteiger partial charge in [-0.1, -0.05) is 42.5 Å². The molecule has 0 amide bonds. The van der Waals surface area contributed by atoms with Crippen LogP contribution in [0.4, 0.5) is 0 Å². The van der Waals surface area contributed by atoms with Crippen LogP contribution in [0.15, 0.2) is 35.4 Å². The van der Waals surface area contributed by atoms with Crippen molar-refractivity contribution in [3.8, 4) is 0 Å². The lowest BCUT2D eigenvalue weighted by atomic mass is 10.1. The summed E-state index contributed by atoms with van der Waals surface area (Å²) in [6, 6.07) is 10.4. The van der Waals surface area contributed by atoms with Crippen molar-refractivity contribution >= 4 is 23.4 Å². The van der Waals surface area contributed by atoms with Gasteiger partial charge in [0.25, 0.3) is 0 Å². The molecule has 1 aromatic rings. The van der Waals surface area contributed by atoms with Crippen LogP contribution in [0.2, 0.25) is 0 Å². The summed E-state index contributed by atoms with van der Waals surface area (Å²) in [5, 5.41) is 3.97. The molecule has 1 aromatic carbocycles. The Kier molecular flexibility index (Phi) is 4.86. The summed E-state index contributed by atoms with van der Waals surface area (Å²) < 4.78 is 0. The van der Waals surface area contributed by atoms with Crippen LogP contribution in [0, 0.1) is 0 Å². The number of hydrazone groups is 1. The molecule has 0 aliphatic heterocycles. The lowest BCUT2D eigenvalue weighted by Gasteiger charge is -1.96. The van der Waals surface area contributed by atoms with E-state index in [9.17, 15) is 0 Å². The van der Waals surface area contributed by atoms with Crippen molar-refractivity contribution in [1.82, 2.24) is 5.43 Å². The van der Waals surface area contributed by atoms with Crippen molar-refractivity contribution in [1.29, 1.82) is 0 Å². The lowest BCUT2D eigenvalue weighted by molar-refractivity contribution is 0.998. The minimum absolute atomic E-state index is 0.695. The number of hydrogen-bond acceptors (Lipinski definition) is 2. The zero-order chi connectivity index (χ0) is 10.2. The zero-order valence-corrected chi connectivity index (χ0v) is 9.05. The Balaban J connectivity index is 2.22. The first-order chi connectivity index (χ1) is 6.79. The molecule has 0 saturated heterocycles. The van der Waals surface area contributed by atoms with Gasteiger partial charge in [0.1, 0.15) is 0 Å². The molecule has 3 heteroatoms. The predicted octanol–water partition coefficient (Wildman–Crippen LogP) is 2.54. The molecule has 0 spiro atoms. The smallest absolute Gasteiger partial charge is 0.0930 e. The van der Waals surface area contributed by atoms with Crippen LogP contribution in [0.25, 0.3) is 0 Å². The molecule has 0 saturated carbocycles. The van der Waals surface area contributed by atoms with Gasteiger partial charge in [0, 0.05) is 6.21 Å². The maximum absolute atomic E-state index is 4.81. The third kappa shape index (κ3) is 4.72. The summed E-state index contributed by atoms with van der Waals surface area (Å²) in [4.78, 5) is 0.695. The molecule has 0 aromatic heterocycles. The third-order valence-corrected chi connectivity index (χ3v) is 1.81. The summed E-state index contributed by atoms with van der Waals surface area (Å²) >= 11 is 4.81. The van der Waals surface area contributed by atoms with Crippen LogP contribution in [-0.4, -0.2) is 11.2 Å². The van der Waals surface area contributed by atoms with Crippen LogP contribution in [0.5, 0.6) is 0 Å². The summed E-state index contributed by atoms with van der Waals surface area (Å²) in [7, 11) is 0. The molecule has 0 bridgehead atoms. The number of nitrogens with one attached hydrogen (secondary N) is 1. The van der Waals surface area contributed by atoms with Crippen molar-refractivity contribution in [3.63, 3.8) is 0 Å². The van der Waals surface area contributed by atoms with E-state index in [4.69, 9.17) is 12.2 Å². The quantitative estimate of drug-likeness (QED) is 0.465. The highest BCUT2D eigenvalue weighted by Crippen LogP contribution is 2.00. The van der Waals surface area contributed by atoms with Crippen molar-refractivity contribution in [2.45, 2.75) is 19.8 Å². The third-order valence-electron chi connectivity index (χ3n) is 1.72. The van der Waals surface area contributed by atoms with Crippen LogP contribution >= 0.6 is 12.2 Å². The predicted molar refractivity (Wildman–Crippen MR) is 64.7 cm³/mol. The Morgan fingerprint density at radius 2 is 2.14 bits per heavy atom. The summed E-state index contributed by atoms with van der Waals surface area (Å²) in [5.41, 5.74) is 4.06. The van der Waals surface area contributed by atoms with E-state index >= 15 is 0 Å². The molecule has 0 unspecified atom stereocenters. The first kappa shape index (κ1) is 10.9. The summed E-state index contributed by atoms with van der Waals surface area (Å²) in [6.45, 7) is 1.81. The average Bonchev–Trinajstić information content (AvgIpc) is 2.18. The molecule has 0 radical (unpaired) electrons. The number of thiocarbonyl (C=S) groups is 1. The van der Waals surface area contributed by atoms with E-state index in [-0.39, 0.29) is 0 Å². The van der Waals surface area contributed by atoms with Gasteiger partial charge in [-0.2, -0.15) is 5.10 Å². The van der Waals surface area contributed by atoms with E-state index < -0.39 is 0 Å². The fourth-order valence-electron chi connectivity index (χ4n) is 1.08. The van der Waals surface area contributed by atoms with E-state index in [1.165, 1.54) is 5.56 Å². The number of benzene rings is 1. The van der Waals surface area contributed by atoms with Crippen molar-refractivity contribution in [2.75, 3.05) is 0 Å². The maximum atomic E-state index is 4.81. The number of aryl methyl sites for hydroxylation is 1. The molecule has 0 heterocycles. The van der Waals surface area contributed by atoms with Gasteiger partial charge in [-0.3, -0.25) is 5.43 Å². The summed E-state index contributed by atoms with van der Waals surface area (Å²) in [5.74, 6) is 0.